The third-order valence-corrected chi connectivity index (χ3v) is 4.55. The molecule has 0 aromatic carbocycles. The van der Waals surface area contributed by atoms with Gasteiger partial charge in [0.05, 0.1) is 6.04 Å². The van der Waals surface area contributed by atoms with Crippen LogP contribution in [-0.2, 0) is 4.79 Å². The van der Waals surface area contributed by atoms with Gasteiger partial charge in [-0.1, -0.05) is 37.2 Å². The molecule has 1 aliphatic heterocycles. The quantitative estimate of drug-likeness (QED) is 0.872. The highest BCUT2D eigenvalue weighted by molar-refractivity contribution is 5.88. The SMILES string of the molecule is O=C(CCC1CCCCC1)Nc1nnc(C2CCCN2)o1. The fraction of sp³-hybridized carbons (Fsp3) is 0.800. The number of nitrogens with one attached hydrogen (secondary N) is 2. The fourth-order valence-corrected chi connectivity index (χ4v) is 3.31. The van der Waals surface area contributed by atoms with Crippen LogP contribution in [0, 0.1) is 5.92 Å². The van der Waals surface area contributed by atoms with E-state index in [2.05, 4.69) is 20.8 Å². The fourth-order valence-electron chi connectivity index (χ4n) is 3.31. The average Bonchev–Trinajstić information content (AvgIpc) is 3.17. The molecule has 1 aromatic heterocycles. The van der Waals surface area contributed by atoms with Crippen molar-refractivity contribution in [3.05, 3.63) is 5.89 Å². The number of rotatable bonds is 5. The number of hydrogen-bond acceptors (Lipinski definition) is 5. The van der Waals surface area contributed by atoms with Crippen molar-refractivity contribution >= 4 is 11.9 Å². The molecule has 1 atom stereocenters. The Labute approximate surface area is 125 Å². The van der Waals surface area contributed by atoms with Crippen molar-refractivity contribution in [2.45, 2.75) is 63.8 Å². The van der Waals surface area contributed by atoms with E-state index < -0.39 is 0 Å². The highest BCUT2D eigenvalue weighted by Crippen LogP contribution is 2.27. The van der Waals surface area contributed by atoms with Gasteiger partial charge in [-0.05, 0) is 31.7 Å². The van der Waals surface area contributed by atoms with Crippen LogP contribution in [0.25, 0.3) is 0 Å². The van der Waals surface area contributed by atoms with E-state index in [1.165, 1.54) is 32.1 Å². The third-order valence-electron chi connectivity index (χ3n) is 4.55. The molecule has 1 aliphatic carbocycles. The second-order valence-corrected chi connectivity index (χ2v) is 6.19. The Morgan fingerprint density at radius 3 is 2.81 bits per heavy atom. The Morgan fingerprint density at radius 2 is 2.05 bits per heavy atom. The summed E-state index contributed by atoms with van der Waals surface area (Å²) < 4.78 is 5.51. The molecule has 1 unspecified atom stereocenters. The number of amides is 1. The molecule has 0 spiro atoms. The van der Waals surface area contributed by atoms with Crippen LogP contribution in [0.4, 0.5) is 6.01 Å². The topological polar surface area (TPSA) is 80.0 Å². The maximum atomic E-state index is 11.9. The minimum atomic E-state index is -0.0184. The summed E-state index contributed by atoms with van der Waals surface area (Å²) >= 11 is 0. The van der Waals surface area contributed by atoms with Crippen molar-refractivity contribution in [3.8, 4) is 0 Å². The minimum absolute atomic E-state index is 0.0184. The molecule has 6 heteroatoms. The third kappa shape index (κ3) is 4.03. The molecule has 2 heterocycles. The molecule has 2 N–H and O–H groups in total. The maximum absolute atomic E-state index is 11.9. The average molecular weight is 292 g/mol. The first-order valence-electron chi connectivity index (χ1n) is 8.18. The van der Waals surface area contributed by atoms with Gasteiger partial charge in [0.15, 0.2) is 0 Å². The van der Waals surface area contributed by atoms with Gasteiger partial charge in [-0.15, -0.1) is 5.10 Å². The van der Waals surface area contributed by atoms with E-state index >= 15 is 0 Å². The number of aromatic nitrogens is 2. The van der Waals surface area contributed by atoms with E-state index in [-0.39, 0.29) is 18.0 Å². The van der Waals surface area contributed by atoms with Crippen molar-refractivity contribution in [1.29, 1.82) is 0 Å². The molecule has 3 rings (SSSR count). The molecule has 116 valence electrons. The molecular formula is C15H24N4O2. The van der Waals surface area contributed by atoms with Gasteiger partial charge in [0, 0.05) is 6.42 Å². The molecule has 21 heavy (non-hydrogen) atoms. The summed E-state index contributed by atoms with van der Waals surface area (Å²) in [6, 6.07) is 0.373. The highest BCUT2D eigenvalue weighted by Gasteiger charge is 2.22. The van der Waals surface area contributed by atoms with E-state index in [1.807, 2.05) is 0 Å². The first-order chi connectivity index (χ1) is 10.3. The first kappa shape index (κ1) is 14.5. The summed E-state index contributed by atoms with van der Waals surface area (Å²) in [5.41, 5.74) is 0. The van der Waals surface area contributed by atoms with Crippen LogP contribution in [0.2, 0.25) is 0 Å². The van der Waals surface area contributed by atoms with Crippen LogP contribution in [0.5, 0.6) is 0 Å². The Hall–Kier alpha value is -1.43. The number of hydrogen-bond donors (Lipinski definition) is 2. The van der Waals surface area contributed by atoms with Gasteiger partial charge >= 0.3 is 6.01 Å². The Balaban J connectivity index is 1.43. The summed E-state index contributed by atoms with van der Waals surface area (Å²) in [7, 11) is 0. The van der Waals surface area contributed by atoms with Gasteiger partial charge < -0.3 is 9.73 Å². The zero-order chi connectivity index (χ0) is 14.5. The van der Waals surface area contributed by atoms with Crippen LogP contribution in [0.1, 0.15) is 69.7 Å². The lowest BCUT2D eigenvalue weighted by Gasteiger charge is -2.20. The lowest BCUT2D eigenvalue weighted by molar-refractivity contribution is -0.116. The number of nitrogens with zero attached hydrogens (tertiary/aromatic N) is 2. The van der Waals surface area contributed by atoms with Gasteiger partial charge in [0.1, 0.15) is 0 Å². The zero-order valence-electron chi connectivity index (χ0n) is 12.4. The predicted molar refractivity (Wildman–Crippen MR) is 78.7 cm³/mol. The molecule has 1 aromatic rings. The number of anilines is 1. The van der Waals surface area contributed by atoms with Crippen molar-refractivity contribution in [2.75, 3.05) is 11.9 Å². The second-order valence-electron chi connectivity index (χ2n) is 6.19. The Bertz CT molecular complexity index is 462. The van der Waals surface area contributed by atoms with Crippen molar-refractivity contribution in [1.82, 2.24) is 15.5 Å². The summed E-state index contributed by atoms with van der Waals surface area (Å²) in [5.74, 6) is 1.27. The molecule has 2 aliphatic rings. The van der Waals surface area contributed by atoms with Gasteiger partial charge in [-0.25, -0.2) is 0 Å². The number of carbonyl (C=O) groups excluding carboxylic acids is 1. The lowest BCUT2D eigenvalue weighted by atomic mass is 9.86. The second kappa shape index (κ2) is 7.02. The zero-order valence-corrected chi connectivity index (χ0v) is 12.4. The van der Waals surface area contributed by atoms with E-state index in [0.717, 1.165) is 25.8 Å². The minimum Gasteiger partial charge on any atom is -0.406 e. The summed E-state index contributed by atoms with van der Waals surface area (Å²) in [5, 5.41) is 13.9. The van der Waals surface area contributed by atoms with Crippen molar-refractivity contribution in [3.63, 3.8) is 0 Å². The smallest absolute Gasteiger partial charge is 0.322 e. The normalized spacial score (nSPS) is 23.3. The van der Waals surface area contributed by atoms with Crippen LogP contribution < -0.4 is 10.6 Å². The molecule has 0 bridgehead atoms. The van der Waals surface area contributed by atoms with E-state index in [4.69, 9.17) is 4.42 Å². The van der Waals surface area contributed by atoms with Crippen LogP contribution in [0.15, 0.2) is 4.42 Å². The van der Waals surface area contributed by atoms with E-state index in [1.54, 1.807) is 0 Å². The molecule has 1 saturated heterocycles. The van der Waals surface area contributed by atoms with Crippen molar-refractivity contribution in [2.24, 2.45) is 5.92 Å². The highest BCUT2D eigenvalue weighted by atomic mass is 16.4. The Morgan fingerprint density at radius 1 is 1.19 bits per heavy atom. The summed E-state index contributed by atoms with van der Waals surface area (Å²) in [6.07, 6.45) is 10.2. The summed E-state index contributed by atoms with van der Waals surface area (Å²) in [6.45, 7) is 0.982. The van der Waals surface area contributed by atoms with Crippen LogP contribution in [0.3, 0.4) is 0 Å². The van der Waals surface area contributed by atoms with E-state index in [0.29, 0.717) is 18.2 Å². The predicted octanol–water partition coefficient (Wildman–Crippen LogP) is 2.79. The first-order valence-corrected chi connectivity index (χ1v) is 8.18. The monoisotopic (exact) mass is 292 g/mol. The van der Waals surface area contributed by atoms with E-state index in [9.17, 15) is 4.79 Å². The van der Waals surface area contributed by atoms with Gasteiger partial charge in [-0.3, -0.25) is 10.1 Å². The molecule has 2 fully saturated rings. The molecule has 1 saturated carbocycles. The van der Waals surface area contributed by atoms with Gasteiger partial charge in [-0.2, -0.15) is 0 Å². The molecule has 0 radical (unpaired) electrons. The van der Waals surface area contributed by atoms with Crippen LogP contribution >= 0.6 is 0 Å². The molecule has 1 amide bonds. The lowest BCUT2D eigenvalue weighted by Crippen LogP contribution is -2.15. The molecular weight excluding hydrogens is 268 g/mol. The largest absolute Gasteiger partial charge is 0.406 e. The maximum Gasteiger partial charge on any atom is 0.322 e. The number of carbonyl (C=O) groups is 1. The standard InChI is InChI=1S/C15H24N4O2/c20-13(9-8-11-5-2-1-3-6-11)17-15-19-18-14(21-15)12-7-4-10-16-12/h11-12,16H,1-10H2,(H,17,19,20). The summed E-state index contributed by atoms with van der Waals surface area (Å²) in [4.78, 5) is 11.9. The van der Waals surface area contributed by atoms with Gasteiger partial charge in [0.25, 0.3) is 0 Å². The van der Waals surface area contributed by atoms with Gasteiger partial charge in [0.2, 0.25) is 11.8 Å². The Kier molecular flexibility index (Phi) is 4.85. The molecule has 6 nitrogen and oxygen atoms in total. The van der Waals surface area contributed by atoms with Crippen LogP contribution in [-0.4, -0.2) is 22.6 Å². The van der Waals surface area contributed by atoms with Crippen molar-refractivity contribution < 1.29 is 9.21 Å².